The number of sulfonamides is 1. The molecule has 0 saturated heterocycles. The Morgan fingerprint density at radius 2 is 1.57 bits per heavy atom. The van der Waals surface area contributed by atoms with Gasteiger partial charge < -0.3 is 9.47 Å². The van der Waals surface area contributed by atoms with Crippen LogP contribution in [0.4, 0.5) is 5.69 Å². The largest absolute Gasteiger partial charge is 0.490 e. The maximum absolute atomic E-state index is 13.7. The van der Waals surface area contributed by atoms with Gasteiger partial charge in [-0.1, -0.05) is 60.2 Å². The van der Waals surface area contributed by atoms with E-state index in [-0.39, 0.29) is 4.90 Å². The van der Waals surface area contributed by atoms with Crippen LogP contribution >= 0.6 is 0 Å². The Kier molecular flexibility index (Phi) is 9.98. The van der Waals surface area contributed by atoms with Gasteiger partial charge in [-0.05, 0) is 86.3 Å². The number of hydrogen-bond donors (Lipinski definition) is 1. The fourth-order valence-corrected chi connectivity index (χ4v) is 5.68. The van der Waals surface area contributed by atoms with Crippen LogP contribution in [0.1, 0.15) is 34.7 Å². The van der Waals surface area contributed by atoms with Gasteiger partial charge in [-0.25, -0.2) is 13.8 Å². The van der Waals surface area contributed by atoms with Gasteiger partial charge in [-0.2, -0.15) is 5.10 Å². The third-order valence-electron chi connectivity index (χ3n) is 6.44. The summed E-state index contributed by atoms with van der Waals surface area (Å²) in [6.45, 7) is 7.84. The molecule has 0 aliphatic carbocycles. The van der Waals surface area contributed by atoms with Crippen LogP contribution in [0.2, 0.25) is 0 Å². The quantitative estimate of drug-likeness (QED) is 0.164. The first-order valence-corrected chi connectivity index (χ1v) is 15.0. The molecule has 42 heavy (non-hydrogen) atoms. The Morgan fingerprint density at radius 3 is 2.29 bits per heavy atom. The predicted octanol–water partition coefficient (Wildman–Crippen LogP) is 5.94. The molecule has 0 bridgehead atoms. The number of carbonyl (C=O) groups is 1. The summed E-state index contributed by atoms with van der Waals surface area (Å²) < 4.78 is 40.2. The monoisotopic (exact) mass is 585 g/mol. The lowest BCUT2D eigenvalue weighted by atomic mass is 10.1. The average Bonchev–Trinajstić information content (AvgIpc) is 2.98. The second kappa shape index (κ2) is 13.8. The highest BCUT2D eigenvalue weighted by Crippen LogP contribution is 2.30. The van der Waals surface area contributed by atoms with Crippen molar-refractivity contribution in [2.45, 2.75) is 39.2 Å². The van der Waals surface area contributed by atoms with Crippen LogP contribution < -0.4 is 19.2 Å². The Hall–Kier alpha value is -4.63. The zero-order valence-corrected chi connectivity index (χ0v) is 25.0. The Labute approximate surface area is 247 Å². The van der Waals surface area contributed by atoms with E-state index < -0.39 is 22.5 Å². The van der Waals surface area contributed by atoms with Crippen molar-refractivity contribution in [3.63, 3.8) is 0 Å². The van der Waals surface area contributed by atoms with Crippen molar-refractivity contribution >= 4 is 27.8 Å². The molecule has 0 fully saturated rings. The molecule has 0 atom stereocenters. The van der Waals surface area contributed by atoms with Gasteiger partial charge in [-0.3, -0.25) is 9.10 Å². The molecule has 0 aliphatic rings. The molecule has 4 aromatic carbocycles. The number of anilines is 1. The molecule has 4 aromatic rings. The minimum absolute atomic E-state index is 0.100. The Morgan fingerprint density at radius 1 is 0.857 bits per heavy atom. The number of ether oxygens (including phenoxy) is 2. The van der Waals surface area contributed by atoms with E-state index in [4.69, 9.17) is 9.47 Å². The van der Waals surface area contributed by atoms with Gasteiger partial charge in [0.1, 0.15) is 13.2 Å². The number of nitrogens with one attached hydrogen (secondary N) is 1. The van der Waals surface area contributed by atoms with Crippen molar-refractivity contribution in [1.82, 2.24) is 5.43 Å². The van der Waals surface area contributed by atoms with E-state index in [0.29, 0.717) is 36.0 Å². The second-order valence-electron chi connectivity index (χ2n) is 9.82. The van der Waals surface area contributed by atoms with Crippen molar-refractivity contribution < 1.29 is 22.7 Å². The van der Waals surface area contributed by atoms with E-state index in [1.807, 2.05) is 70.2 Å². The number of carbonyl (C=O) groups excluding carboxylic acids is 1. The maximum atomic E-state index is 13.7. The highest BCUT2D eigenvalue weighted by atomic mass is 32.2. The lowest BCUT2D eigenvalue weighted by Gasteiger charge is -2.25. The third kappa shape index (κ3) is 7.76. The van der Waals surface area contributed by atoms with E-state index in [1.165, 1.54) is 6.21 Å². The van der Waals surface area contributed by atoms with E-state index >= 15 is 0 Å². The molecule has 1 amide bonds. The molecule has 0 radical (unpaired) electrons. The molecule has 8 nitrogen and oxygen atoms in total. The van der Waals surface area contributed by atoms with E-state index in [1.54, 1.807) is 48.5 Å². The molecule has 0 heterocycles. The fraction of sp³-hybridized carbons (Fsp3) is 0.212. The van der Waals surface area contributed by atoms with Crippen LogP contribution in [0.25, 0.3) is 0 Å². The summed E-state index contributed by atoms with van der Waals surface area (Å²) in [5.41, 5.74) is 7.14. The topological polar surface area (TPSA) is 97.3 Å². The number of hydrogen-bond acceptors (Lipinski definition) is 6. The van der Waals surface area contributed by atoms with Gasteiger partial charge in [0.05, 0.1) is 23.4 Å². The number of nitrogens with zero attached hydrogens (tertiary/aromatic N) is 2. The smallest absolute Gasteiger partial charge is 0.264 e. The minimum Gasteiger partial charge on any atom is -0.490 e. The third-order valence-corrected chi connectivity index (χ3v) is 8.21. The van der Waals surface area contributed by atoms with Gasteiger partial charge in [-0.15, -0.1) is 0 Å². The predicted molar refractivity (Wildman–Crippen MR) is 166 cm³/mol. The number of amides is 1. The molecule has 0 aromatic heterocycles. The molecule has 218 valence electrons. The zero-order chi connectivity index (χ0) is 30.1. The molecular weight excluding hydrogens is 550 g/mol. The van der Waals surface area contributed by atoms with Crippen molar-refractivity contribution in [3.05, 3.63) is 119 Å². The second-order valence-corrected chi connectivity index (χ2v) is 11.7. The van der Waals surface area contributed by atoms with Crippen molar-refractivity contribution in [2.24, 2.45) is 5.10 Å². The normalized spacial score (nSPS) is 11.3. The summed E-state index contributed by atoms with van der Waals surface area (Å²) in [7, 11) is -4.03. The first-order chi connectivity index (χ1) is 20.2. The van der Waals surface area contributed by atoms with Crippen molar-refractivity contribution in [1.29, 1.82) is 0 Å². The minimum atomic E-state index is -4.03. The first-order valence-electron chi connectivity index (χ1n) is 13.6. The summed E-state index contributed by atoms with van der Waals surface area (Å²) in [4.78, 5) is 13.1. The van der Waals surface area contributed by atoms with Crippen LogP contribution in [0.15, 0.2) is 101 Å². The van der Waals surface area contributed by atoms with Gasteiger partial charge in [0.2, 0.25) is 0 Å². The number of aryl methyl sites for hydroxylation is 3. The molecule has 0 spiro atoms. The van der Waals surface area contributed by atoms with Crippen LogP contribution in [-0.4, -0.2) is 33.7 Å². The SMILES string of the molecule is CCOc1cc(C=NNC(=O)CN(c2cc(C)ccc2C)S(=O)(=O)c2ccc(C)cc2)ccc1OCc1ccccc1. The number of benzene rings is 4. The summed E-state index contributed by atoms with van der Waals surface area (Å²) >= 11 is 0. The molecule has 4 rings (SSSR count). The van der Waals surface area contributed by atoms with E-state index in [9.17, 15) is 13.2 Å². The molecule has 0 unspecified atom stereocenters. The van der Waals surface area contributed by atoms with Gasteiger partial charge in [0.25, 0.3) is 15.9 Å². The summed E-state index contributed by atoms with van der Waals surface area (Å²) in [6.07, 6.45) is 1.47. The van der Waals surface area contributed by atoms with Crippen LogP contribution in [0.5, 0.6) is 11.5 Å². The van der Waals surface area contributed by atoms with Crippen molar-refractivity contribution in [3.8, 4) is 11.5 Å². The lowest BCUT2D eigenvalue weighted by molar-refractivity contribution is -0.119. The summed E-state index contributed by atoms with van der Waals surface area (Å²) in [6, 6.07) is 27.2. The average molecular weight is 586 g/mol. The molecular formula is C33H35N3O5S. The Bertz CT molecular complexity index is 1650. The van der Waals surface area contributed by atoms with Gasteiger partial charge in [0, 0.05) is 0 Å². The molecule has 0 aliphatic heterocycles. The highest BCUT2D eigenvalue weighted by Gasteiger charge is 2.28. The maximum Gasteiger partial charge on any atom is 0.264 e. The lowest BCUT2D eigenvalue weighted by Crippen LogP contribution is -2.40. The van der Waals surface area contributed by atoms with Crippen LogP contribution in [0.3, 0.4) is 0 Å². The van der Waals surface area contributed by atoms with E-state index in [2.05, 4.69) is 10.5 Å². The summed E-state index contributed by atoms with van der Waals surface area (Å²) in [5.74, 6) is 0.553. The molecule has 1 N–H and O–H groups in total. The van der Waals surface area contributed by atoms with Gasteiger partial charge >= 0.3 is 0 Å². The van der Waals surface area contributed by atoms with Gasteiger partial charge in [0.15, 0.2) is 11.5 Å². The molecule has 0 saturated carbocycles. The van der Waals surface area contributed by atoms with Crippen molar-refractivity contribution in [2.75, 3.05) is 17.5 Å². The first kappa shape index (κ1) is 30.3. The zero-order valence-electron chi connectivity index (χ0n) is 24.2. The highest BCUT2D eigenvalue weighted by molar-refractivity contribution is 7.92. The number of rotatable bonds is 12. The number of hydrazone groups is 1. The molecule has 9 heteroatoms. The van der Waals surface area contributed by atoms with E-state index in [0.717, 1.165) is 26.6 Å². The Balaban J connectivity index is 1.50. The fourth-order valence-electron chi connectivity index (χ4n) is 4.20. The standard InChI is InChI=1S/C33H35N3O5S/c1-5-40-32-20-28(15-18-31(32)41-23-27-9-7-6-8-10-27)21-34-35-33(37)22-36(30-19-25(3)11-14-26(30)4)42(38,39)29-16-12-24(2)13-17-29/h6-21H,5,22-23H2,1-4H3,(H,35,37). The van der Waals surface area contributed by atoms with Crippen LogP contribution in [0, 0.1) is 20.8 Å². The summed E-state index contributed by atoms with van der Waals surface area (Å²) in [5, 5.41) is 4.08. The van der Waals surface area contributed by atoms with Crippen LogP contribution in [-0.2, 0) is 21.4 Å².